The number of methoxy groups -OCH3 is 1. The van der Waals surface area contributed by atoms with Gasteiger partial charge in [0.1, 0.15) is 29.0 Å². The Hall–Kier alpha value is -3.15. The normalized spacial score (nSPS) is 10.4. The summed E-state index contributed by atoms with van der Waals surface area (Å²) in [5.74, 6) is 2.54. The van der Waals surface area contributed by atoms with Crippen LogP contribution in [-0.4, -0.2) is 23.6 Å². The Morgan fingerprint density at radius 2 is 1.77 bits per heavy atom. The van der Waals surface area contributed by atoms with Crippen molar-refractivity contribution in [2.75, 3.05) is 24.3 Å². The maximum absolute atomic E-state index is 13.3. The van der Waals surface area contributed by atoms with E-state index in [-0.39, 0.29) is 5.82 Å². The van der Waals surface area contributed by atoms with Gasteiger partial charge in [0.25, 0.3) is 0 Å². The number of benzene rings is 2. The quantitative estimate of drug-likeness (QED) is 0.663. The van der Waals surface area contributed by atoms with E-state index in [4.69, 9.17) is 4.74 Å². The van der Waals surface area contributed by atoms with E-state index in [1.54, 1.807) is 19.2 Å². The third kappa shape index (κ3) is 4.92. The molecule has 3 aromatic rings. The van der Waals surface area contributed by atoms with Crippen LogP contribution in [-0.2, 0) is 6.42 Å². The van der Waals surface area contributed by atoms with Gasteiger partial charge in [-0.1, -0.05) is 18.2 Å². The van der Waals surface area contributed by atoms with Gasteiger partial charge < -0.3 is 15.4 Å². The van der Waals surface area contributed by atoms with Crippen LogP contribution < -0.4 is 15.4 Å². The maximum atomic E-state index is 13.3. The van der Waals surface area contributed by atoms with Gasteiger partial charge in [0, 0.05) is 18.3 Å². The Balaban J connectivity index is 1.61. The predicted octanol–water partition coefficient (Wildman–Crippen LogP) is 4.33. The van der Waals surface area contributed by atoms with Crippen LogP contribution in [0.3, 0.4) is 0 Å². The molecule has 3 rings (SSSR count). The standard InChI is InChI=1S/C20H21FN4O/c1-14-23-19(22-11-10-15-6-8-18(26-2)9-7-15)13-20(24-14)25-17-5-3-4-16(21)12-17/h3-9,12-13H,10-11H2,1-2H3,(H2,22,23,24,25). The minimum absolute atomic E-state index is 0.293. The second-order valence-corrected chi connectivity index (χ2v) is 5.85. The molecule has 2 N–H and O–H groups in total. The molecule has 0 bridgehead atoms. The highest BCUT2D eigenvalue weighted by Gasteiger charge is 2.04. The van der Waals surface area contributed by atoms with Gasteiger partial charge in [0.05, 0.1) is 7.11 Å². The summed E-state index contributed by atoms with van der Waals surface area (Å²) in [4.78, 5) is 8.74. The fraction of sp³-hybridized carbons (Fsp3) is 0.200. The zero-order valence-corrected chi connectivity index (χ0v) is 14.8. The molecular weight excluding hydrogens is 331 g/mol. The lowest BCUT2D eigenvalue weighted by molar-refractivity contribution is 0.414. The zero-order valence-electron chi connectivity index (χ0n) is 14.8. The van der Waals surface area contributed by atoms with E-state index < -0.39 is 0 Å². The molecular formula is C20H21FN4O. The lowest BCUT2D eigenvalue weighted by Crippen LogP contribution is -2.08. The molecule has 2 aromatic carbocycles. The number of hydrogen-bond donors (Lipinski definition) is 2. The minimum atomic E-state index is -0.293. The van der Waals surface area contributed by atoms with Crippen LogP contribution in [0.15, 0.2) is 54.6 Å². The van der Waals surface area contributed by atoms with Crippen LogP contribution in [0, 0.1) is 12.7 Å². The second kappa shape index (κ2) is 8.29. The topological polar surface area (TPSA) is 59.1 Å². The average molecular weight is 352 g/mol. The van der Waals surface area contributed by atoms with Gasteiger partial charge >= 0.3 is 0 Å². The summed E-state index contributed by atoms with van der Waals surface area (Å²) in [6.45, 7) is 2.56. The molecule has 5 nitrogen and oxygen atoms in total. The molecule has 1 heterocycles. The first-order valence-electron chi connectivity index (χ1n) is 8.37. The summed E-state index contributed by atoms with van der Waals surface area (Å²) in [5, 5.41) is 6.41. The summed E-state index contributed by atoms with van der Waals surface area (Å²) in [6, 6.07) is 16.1. The number of rotatable bonds is 7. The second-order valence-electron chi connectivity index (χ2n) is 5.85. The van der Waals surface area contributed by atoms with Gasteiger partial charge in [-0.05, 0) is 49.2 Å². The summed E-state index contributed by atoms with van der Waals surface area (Å²) >= 11 is 0. The van der Waals surface area contributed by atoms with Gasteiger partial charge in [-0.2, -0.15) is 0 Å². The third-order valence-electron chi connectivity index (χ3n) is 3.81. The van der Waals surface area contributed by atoms with Crippen molar-refractivity contribution >= 4 is 17.3 Å². The van der Waals surface area contributed by atoms with Gasteiger partial charge in [-0.15, -0.1) is 0 Å². The van der Waals surface area contributed by atoms with Crippen LogP contribution in [0.25, 0.3) is 0 Å². The van der Waals surface area contributed by atoms with Crippen molar-refractivity contribution in [2.24, 2.45) is 0 Å². The van der Waals surface area contributed by atoms with E-state index >= 15 is 0 Å². The molecule has 0 amide bonds. The van der Waals surface area contributed by atoms with Crippen LogP contribution in [0.2, 0.25) is 0 Å². The predicted molar refractivity (Wildman–Crippen MR) is 102 cm³/mol. The molecule has 0 fully saturated rings. The van der Waals surface area contributed by atoms with E-state index in [1.807, 2.05) is 37.3 Å². The van der Waals surface area contributed by atoms with Crippen molar-refractivity contribution < 1.29 is 9.13 Å². The molecule has 1 aromatic heterocycles. The van der Waals surface area contributed by atoms with Gasteiger partial charge in [0.2, 0.25) is 0 Å². The number of hydrogen-bond acceptors (Lipinski definition) is 5. The number of anilines is 3. The lowest BCUT2D eigenvalue weighted by atomic mass is 10.1. The van der Waals surface area contributed by atoms with Gasteiger partial charge in [0.15, 0.2) is 0 Å². The lowest BCUT2D eigenvalue weighted by Gasteiger charge is -2.10. The molecule has 0 radical (unpaired) electrons. The maximum Gasteiger partial charge on any atom is 0.136 e. The van der Waals surface area contributed by atoms with Gasteiger partial charge in [-0.25, -0.2) is 14.4 Å². The molecule has 0 saturated heterocycles. The molecule has 0 aliphatic rings. The van der Waals surface area contributed by atoms with E-state index in [9.17, 15) is 4.39 Å². The van der Waals surface area contributed by atoms with Crippen molar-refractivity contribution in [1.29, 1.82) is 0 Å². The molecule has 134 valence electrons. The fourth-order valence-electron chi connectivity index (χ4n) is 2.56. The Labute approximate surface area is 152 Å². The zero-order chi connectivity index (χ0) is 18.4. The van der Waals surface area contributed by atoms with Crippen molar-refractivity contribution in [3.63, 3.8) is 0 Å². The van der Waals surface area contributed by atoms with Crippen molar-refractivity contribution in [2.45, 2.75) is 13.3 Å². The first kappa shape index (κ1) is 17.7. The molecule has 0 unspecified atom stereocenters. The van der Waals surface area contributed by atoms with E-state index in [2.05, 4.69) is 20.6 Å². The Morgan fingerprint density at radius 1 is 1.00 bits per heavy atom. The summed E-state index contributed by atoms with van der Waals surface area (Å²) in [6.07, 6.45) is 0.861. The molecule has 0 atom stereocenters. The smallest absolute Gasteiger partial charge is 0.136 e. The number of aryl methyl sites for hydroxylation is 1. The summed E-state index contributed by atoms with van der Waals surface area (Å²) in [5.41, 5.74) is 1.86. The van der Waals surface area contributed by atoms with Crippen molar-refractivity contribution in [1.82, 2.24) is 9.97 Å². The minimum Gasteiger partial charge on any atom is -0.497 e. The van der Waals surface area contributed by atoms with Crippen molar-refractivity contribution in [3.05, 3.63) is 71.8 Å². The molecule has 0 saturated carbocycles. The SMILES string of the molecule is COc1ccc(CCNc2cc(Nc3cccc(F)c3)nc(C)n2)cc1. The van der Waals surface area contributed by atoms with Crippen molar-refractivity contribution in [3.8, 4) is 5.75 Å². The molecule has 0 spiro atoms. The monoisotopic (exact) mass is 352 g/mol. The third-order valence-corrected chi connectivity index (χ3v) is 3.81. The number of nitrogens with zero attached hydrogens (tertiary/aromatic N) is 2. The summed E-state index contributed by atoms with van der Waals surface area (Å²) < 4.78 is 18.5. The average Bonchev–Trinajstić information content (AvgIpc) is 2.62. The van der Waals surface area contributed by atoms with E-state index in [1.165, 1.54) is 17.7 Å². The number of aromatic nitrogens is 2. The highest BCUT2D eigenvalue weighted by atomic mass is 19.1. The Bertz CT molecular complexity index is 868. The number of nitrogens with one attached hydrogen (secondary N) is 2. The molecule has 6 heteroatoms. The Morgan fingerprint density at radius 3 is 2.50 bits per heavy atom. The van der Waals surface area contributed by atoms with E-state index in [0.717, 1.165) is 24.5 Å². The highest BCUT2D eigenvalue weighted by molar-refractivity contribution is 5.59. The molecule has 26 heavy (non-hydrogen) atoms. The van der Waals surface area contributed by atoms with Crippen LogP contribution in [0.4, 0.5) is 21.7 Å². The van der Waals surface area contributed by atoms with Crippen LogP contribution >= 0.6 is 0 Å². The highest BCUT2D eigenvalue weighted by Crippen LogP contribution is 2.18. The molecule has 0 aliphatic carbocycles. The summed E-state index contributed by atoms with van der Waals surface area (Å²) in [7, 11) is 1.66. The van der Waals surface area contributed by atoms with Gasteiger partial charge in [-0.3, -0.25) is 0 Å². The Kier molecular flexibility index (Phi) is 5.63. The fourth-order valence-corrected chi connectivity index (χ4v) is 2.56. The first-order chi connectivity index (χ1) is 12.6. The van der Waals surface area contributed by atoms with Crippen LogP contribution in [0.1, 0.15) is 11.4 Å². The number of halogens is 1. The van der Waals surface area contributed by atoms with E-state index in [0.29, 0.717) is 17.3 Å². The first-order valence-corrected chi connectivity index (χ1v) is 8.37. The number of ether oxygens (including phenoxy) is 1. The largest absolute Gasteiger partial charge is 0.497 e. The van der Waals surface area contributed by atoms with Crippen LogP contribution in [0.5, 0.6) is 5.75 Å². The molecule has 0 aliphatic heterocycles.